The van der Waals surface area contributed by atoms with Crippen molar-refractivity contribution in [3.05, 3.63) is 16.6 Å². The molecule has 3 fully saturated rings. The summed E-state index contributed by atoms with van der Waals surface area (Å²) in [6, 6.07) is 3.22. The number of fused-ring (bicyclic) bond motifs is 1. The van der Waals surface area contributed by atoms with Crippen molar-refractivity contribution < 1.29 is 14.7 Å². The van der Waals surface area contributed by atoms with Gasteiger partial charge in [-0.05, 0) is 51.5 Å². The smallest absolute Gasteiger partial charge is 0.407 e. The maximum Gasteiger partial charge on any atom is 0.407 e. The largest absolute Gasteiger partial charge is 0.465 e. The van der Waals surface area contributed by atoms with Crippen molar-refractivity contribution in [1.82, 2.24) is 24.9 Å². The molecule has 0 unspecified atom stereocenters. The Morgan fingerprint density at radius 1 is 1.00 bits per heavy atom. The van der Waals surface area contributed by atoms with Crippen LogP contribution in [-0.2, 0) is 0 Å². The highest BCUT2D eigenvalue weighted by Crippen LogP contribution is 2.35. The van der Waals surface area contributed by atoms with Gasteiger partial charge >= 0.3 is 6.09 Å². The monoisotopic (exact) mass is 473 g/mol. The van der Waals surface area contributed by atoms with E-state index in [4.69, 9.17) is 10.2 Å². The van der Waals surface area contributed by atoms with Crippen LogP contribution in [0.4, 0.5) is 4.79 Å². The molecule has 2 amide bonds. The van der Waals surface area contributed by atoms with Crippen molar-refractivity contribution in [2.45, 2.75) is 82.8 Å². The van der Waals surface area contributed by atoms with Crippen molar-refractivity contribution in [3.8, 4) is 0 Å². The van der Waals surface area contributed by atoms with E-state index in [1.54, 1.807) is 11.3 Å². The molecule has 180 valence electrons. The fourth-order valence-electron chi connectivity index (χ4n) is 5.88. The Balaban J connectivity index is 1.17. The number of carboxylic acid groups (broad SMARTS) is 1. The number of hydrogen-bond acceptors (Lipinski definition) is 5. The van der Waals surface area contributed by atoms with Gasteiger partial charge in [0.05, 0.1) is 16.6 Å². The van der Waals surface area contributed by atoms with E-state index in [0.717, 1.165) is 59.6 Å². The van der Waals surface area contributed by atoms with E-state index in [1.165, 1.54) is 37.0 Å². The molecule has 33 heavy (non-hydrogen) atoms. The van der Waals surface area contributed by atoms with Crippen LogP contribution < -0.4 is 5.32 Å². The van der Waals surface area contributed by atoms with Gasteiger partial charge in [-0.1, -0.05) is 19.3 Å². The third-order valence-electron chi connectivity index (χ3n) is 7.85. The molecule has 2 aromatic rings. The van der Waals surface area contributed by atoms with Crippen LogP contribution in [0.2, 0.25) is 0 Å². The number of carbonyl (C=O) groups is 2. The summed E-state index contributed by atoms with van der Waals surface area (Å²) >= 11 is 1.59. The van der Waals surface area contributed by atoms with Crippen molar-refractivity contribution >= 4 is 33.6 Å². The first-order valence-corrected chi connectivity index (χ1v) is 13.3. The molecule has 2 saturated carbocycles. The molecule has 0 aromatic carbocycles. The summed E-state index contributed by atoms with van der Waals surface area (Å²) in [7, 11) is 0. The fourth-order valence-corrected chi connectivity index (χ4v) is 7.01. The summed E-state index contributed by atoms with van der Waals surface area (Å²) < 4.78 is 2.20. The lowest BCUT2D eigenvalue weighted by Crippen LogP contribution is -2.53. The van der Waals surface area contributed by atoms with Gasteiger partial charge in [-0.25, -0.2) is 4.79 Å². The van der Waals surface area contributed by atoms with Crippen LogP contribution in [0.3, 0.4) is 0 Å². The van der Waals surface area contributed by atoms with Gasteiger partial charge in [0.1, 0.15) is 4.83 Å². The maximum absolute atomic E-state index is 13.1. The molecule has 5 rings (SSSR count). The predicted octanol–water partition coefficient (Wildman–Crippen LogP) is 4.25. The molecule has 3 heterocycles. The van der Waals surface area contributed by atoms with E-state index >= 15 is 0 Å². The van der Waals surface area contributed by atoms with Gasteiger partial charge in [0, 0.05) is 43.6 Å². The first kappa shape index (κ1) is 22.7. The average molecular weight is 474 g/mol. The van der Waals surface area contributed by atoms with Gasteiger partial charge in [-0.15, -0.1) is 11.3 Å². The summed E-state index contributed by atoms with van der Waals surface area (Å²) in [6.45, 7) is 4.86. The van der Waals surface area contributed by atoms with E-state index in [-0.39, 0.29) is 11.9 Å². The number of rotatable bonds is 4. The first-order valence-electron chi connectivity index (χ1n) is 12.5. The van der Waals surface area contributed by atoms with Crippen LogP contribution in [-0.4, -0.2) is 74.9 Å². The Bertz CT molecular complexity index is 995. The summed E-state index contributed by atoms with van der Waals surface area (Å²) in [5.41, 5.74) is 1.02. The third kappa shape index (κ3) is 4.75. The number of carbonyl (C=O) groups excluding carboxylic acids is 1. The van der Waals surface area contributed by atoms with E-state index in [9.17, 15) is 9.59 Å². The molecule has 0 atom stereocenters. The van der Waals surface area contributed by atoms with Crippen LogP contribution in [0.25, 0.3) is 10.2 Å². The van der Waals surface area contributed by atoms with Gasteiger partial charge in [0.25, 0.3) is 5.91 Å². The van der Waals surface area contributed by atoms with E-state index in [0.29, 0.717) is 25.2 Å². The molecule has 9 heteroatoms. The van der Waals surface area contributed by atoms with Crippen LogP contribution in [0, 0.1) is 6.92 Å². The predicted molar refractivity (Wildman–Crippen MR) is 129 cm³/mol. The molecule has 8 nitrogen and oxygen atoms in total. The van der Waals surface area contributed by atoms with Crippen LogP contribution in [0.5, 0.6) is 0 Å². The Morgan fingerprint density at radius 2 is 1.70 bits per heavy atom. The number of aromatic nitrogens is 2. The second-order valence-electron chi connectivity index (χ2n) is 9.94. The van der Waals surface area contributed by atoms with Gasteiger partial charge in [-0.2, -0.15) is 5.10 Å². The van der Waals surface area contributed by atoms with Crippen molar-refractivity contribution in [1.29, 1.82) is 0 Å². The second kappa shape index (κ2) is 9.62. The number of piperazine rings is 1. The van der Waals surface area contributed by atoms with Crippen LogP contribution >= 0.6 is 11.3 Å². The molecular weight excluding hydrogens is 438 g/mol. The summed E-state index contributed by atoms with van der Waals surface area (Å²) in [5.74, 6) is 0.0457. The van der Waals surface area contributed by atoms with E-state index in [1.807, 2.05) is 13.0 Å². The van der Waals surface area contributed by atoms with E-state index < -0.39 is 6.09 Å². The molecular formula is C24H35N5O3S. The lowest BCUT2D eigenvalue weighted by atomic mass is 9.89. The lowest BCUT2D eigenvalue weighted by Gasteiger charge is -2.41. The molecule has 1 saturated heterocycles. The molecule has 2 aromatic heterocycles. The topological polar surface area (TPSA) is 90.7 Å². The standard InChI is InChI=1S/C24H35N5O3S/c1-16-20-15-21(33-23(20)29(26-16)19-5-3-2-4-6-19)22(30)25-17-7-9-18(10-8-17)27-11-13-28(14-12-27)24(31)32/h15,17-19H,2-14H2,1H3,(H,25,30)(H,31,32)/t17-,18+. The minimum Gasteiger partial charge on any atom is -0.465 e. The number of aryl methyl sites for hydroxylation is 1. The Kier molecular flexibility index (Phi) is 6.60. The number of amides is 2. The maximum atomic E-state index is 13.1. The zero-order valence-corrected chi connectivity index (χ0v) is 20.3. The molecule has 1 aliphatic heterocycles. The fraction of sp³-hybridized carbons (Fsp3) is 0.708. The number of hydrogen-bond donors (Lipinski definition) is 2. The quantitative estimate of drug-likeness (QED) is 0.693. The van der Waals surface area contributed by atoms with Gasteiger partial charge in [0.15, 0.2) is 0 Å². The highest BCUT2D eigenvalue weighted by atomic mass is 32.1. The Hall–Kier alpha value is -2.13. The van der Waals surface area contributed by atoms with Crippen LogP contribution in [0.15, 0.2) is 6.07 Å². The van der Waals surface area contributed by atoms with Crippen molar-refractivity contribution in [2.75, 3.05) is 26.2 Å². The summed E-state index contributed by atoms with van der Waals surface area (Å²) in [6.07, 6.45) is 9.48. The van der Waals surface area contributed by atoms with Crippen LogP contribution in [0.1, 0.15) is 79.2 Å². The molecule has 2 N–H and O–H groups in total. The minimum absolute atomic E-state index is 0.0457. The van der Waals surface area contributed by atoms with Crippen molar-refractivity contribution in [2.24, 2.45) is 0 Å². The minimum atomic E-state index is -0.816. The molecule has 0 spiro atoms. The highest BCUT2D eigenvalue weighted by Gasteiger charge is 2.30. The normalized spacial score (nSPS) is 25.4. The van der Waals surface area contributed by atoms with Gasteiger partial charge in [-0.3, -0.25) is 14.4 Å². The van der Waals surface area contributed by atoms with Gasteiger partial charge in [0.2, 0.25) is 0 Å². The molecule has 3 aliphatic rings. The number of nitrogens with zero attached hydrogens (tertiary/aromatic N) is 4. The second-order valence-corrected chi connectivity index (χ2v) is 11.0. The Morgan fingerprint density at radius 3 is 2.36 bits per heavy atom. The van der Waals surface area contributed by atoms with Crippen molar-refractivity contribution in [3.63, 3.8) is 0 Å². The zero-order valence-electron chi connectivity index (χ0n) is 19.5. The number of nitrogens with one attached hydrogen (secondary N) is 1. The summed E-state index contributed by atoms with van der Waals surface area (Å²) in [4.78, 5) is 30.1. The summed E-state index contributed by atoms with van der Waals surface area (Å²) in [5, 5.41) is 18.4. The van der Waals surface area contributed by atoms with E-state index in [2.05, 4.69) is 14.9 Å². The SMILES string of the molecule is Cc1nn(C2CCCCC2)c2sc(C(=O)N[C@H]3CC[C@@H](N4CCN(C(=O)O)CC4)CC3)cc12. The number of thiophene rings is 1. The highest BCUT2D eigenvalue weighted by molar-refractivity contribution is 7.20. The third-order valence-corrected chi connectivity index (χ3v) is 8.97. The first-order chi connectivity index (χ1) is 16.0. The zero-order chi connectivity index (χ0) is 22.9. The molecule has 0 radical (unpaired) electrons. The molecule has 2 aliphatic carbocycles. The molecule has 0 bridgehead atoms. The average Bonchev–Trinajstić information content (AvgIpc) is 3.41. The Labute approximate surface area is 198 Å². The van der Waals surface area contributed by atoms with Gasteiger partial charge < -0.3 is 15.3 Å². The lowest BCUT2D eigenvalue weighted by molar-refractivity contribution is 0.0681.